The molecule has 3 nitrogen and oxygen atoms in total. The lowest BCUT2D eigenvalue weighted by Gasteiger charge is -2.49. The molecule has 0 aliphatic carbocycles. The fourth-order valence-electron chi connectivity index (χ4n) is 3.46. The molecule has 0 radical (unpaired) electrons. The molecule has 0 saturated carbocycles. The molecule has 0 atom stereocenters. The number of carbonyl (C=O) groups excluding carboxylic acids is 1. The summed E-state index contributed by atoms with van der Waals surface area (Å²) in [6.45, 7) is 1.71. The number of benzene rings is 1. The first kappa shape index (κ1) is 13.5. The van der Waals surface area contributed by atoms with Crippen LogP contribution >= 0.6 is 0 Å². The number of piperidine rings is 2. The first-order valence-corrected chi connectivity index (χ1v) is 7.11. The largest absolute Gasteiger partial charge is 0.317 e. The molecule has 1 aromatic carbocycles. The van der Waals surface area contributed by atoms with Crippen LogP contribution in [0.5, 0.6) is 0 Å². The summed E-state index contributed by atoms with van der Waals surface area (Å²) < 4.78 is 26.6. The average Bonchev–Trinajstić information content (AvgIpc) is 2.43. The van der Waals surface area contributed by atoms with Gasteiger partial charge < -0.3 is 10.2 Å². The van der Waals surface area contributed by atoms with Crippen LogP contribution in [0.4, 0.5) is 14.5 Å². The molecule has 0 aromatic heterocycles. The van der Waals surface area contributed by atoms with Crippen LogP contribution in [0.3, 0.4) is 0 Å². The number of rotatable bonds is 1. The van der Waals surface area contributed by atoms with Crippen LogP contribution in [-0.4, -0.2) is 24.5 Å². The van der Waals surface area contributed by atoms with Gasteiger partial charge in [0.05, 0.1) is 5.54 Å². The predicted molar refractivity (Wildman–Crippen MR) is 72.5 cm³/mol. The predicted octanol–water partition coefficient (Wildman–Crippen LogP) is 2.60. The molecule has 1 aromatic rings. The summed E-state index contributed by atoms with van der Waals surface area (Å²) in [7, 11) is 0. The van der Waals surface area contributed by atoms with Gasteiger partial charge in [-0.2, -0.15) is 0 Å². The van der Waals surface area contributed by atoms with E-state index in [0.717, 1.165) is 50.9 Å². The van der Waals surface area contributed by atoms with Crippen molar-refractivity contribution in [1.82, 2.24) is 5.32 Å². The van der Waals surface area contributed by atoms with Crippen LogP contribution in [0.25, 0.3) is 0 Å². The molecular formula is C15H18F2N2O. The molecule has 108 valence electrons. The molecule has 0 unspecified atom stereocenters. The van der Waals surface area contributed by atoms with Gasteiger partial charge in [0.25, 0.3) is 0 Å². The number of carbonyl (C=O) groups is 1. The minimum Gasteiger partial charge on any atom is -0.317 e. The molecule has 3 rings (SSSR count). The summed E-state index contributed by atoms with van der Waals surface area (Å²) in [6.07, 6.45) is 4.00. The Hall–Kier alpha value is -1.49. The molecule has 1 amide bonds. The van der Waals surface area contributed by atoms with Crippen molar-refractivity contribution >= 4 is 11.6 Å². The molecule has 0 bridgehead atoms. The lowest BCUT2D eigenvalue weighted by Crippen LogP contribution is -2.59. The van der Waals surface area contributed by atoms with Gasteiger partial charge in [-0.15, -0.1) is 0 Å². The summed E-state index contributed by atoms with van der Waals surface area (Å²) in [5, 5.41) is 3.29. The summed E-state index contributed by atoms with van der Waals surface area (Å²) in [5.41, 5.74) is 0.251. The number of hydrogen-bond donors (Lipinski definition) is 1. The number of hydrogen-bond acceptors (Lipinski definition) is 2. The Kier molecular flexibility index (Phi) is 3.46. The van der Waals surface area contributed by atoms with Crippen molar-refractivity contribution in [1.29, 1.82) is 0 Å². The molecule has 1 N–H and O–H groups in total. The fraction of sp³-hybridized carbons (Fsp3) is 0.533. The van der Waals surface area contributed by atoms with Crippen molar-refractivity contribution in [3.05, 3.63) is 29.8 Å². The normalized spacial score (nSPS) is 22.3. The zero-order chi connectivity index (χ0) is 14.2. The Labute approximate surface area is 117 Å². The highest BCUT2D eigenvalue weighted by atomic mass is 19.2. The first-order chi connectivity index (χ1) is 9.62. The van der Waals surface area contributed by atoms with E-state index in [2.05, 4.69) is 5.32 Å². The van der Waals surface area contributed by atoms with E-state index in [0.29, 0.717) is 12.1 Å². The average molecular weight is 280 g/mol. The van der Waals surface area contributed by atoms with Gasteiger partial charge in [0.2, 0.25) is 5.91 Å². The van der Waals surface area contributed by atoms with E-state index in [1.54, 1.807) is 4.90 Å². The maximum atomic E-state index is 13.5. The van der Waals surface area contributed by atoms with Crippen LogP contribution in [0, 0.1) is 11.6 Å². The van der Waals surface area contributed by atoms with Gasteiger partial charge in [-0.05, 0) is 50.9 Å². The van der Waals surface area contributed by atoms with E-state index in [4.69, 9.17) is 0 Å². The Balaban J connectivity index is 2.01. The summed E-state index contributed by atoms with van der Waals surface area (Å²) in [6, 6.07) is 3.75. The van der Waals surface area contributed by atoms with Crippen molar-refractivity contribution < 1.29 is 13.6 Å². The maximum Gasteiger partial charge on any atom is 0.227 e. The second-order valence-corrected chi connectivity index (χ2v) is 5.66. The molecule has 2 aliphatic rings. The van der Waals surface area contributed by atoms with E-state index >= 15 is 0 Å². The Bertz CT molecular complexity index is 521. The summed E-state index contributed by atoms with van der Waals surface area (Å²) in [4.78, 5) is 14.1. The quantitative estimate of drug-likeness (QED) is 0.857. The highest BCUT2D eigenvalue weighted by Crippen LogP contribution is 2.39. The Morgan fingerprint density at radius 3 is 2.55 bits per heavy atom. The van der Waals surface area contributed by atoms with Crippen molar-refractivity contribution in [2.45, 2.75) is 37.6 Å². The van der Waals surface area contributed by atoms with E-state index in [1.807, 2.05) is 0 Å². The minimum absolute atomic E-state index is 0.0177. The van der Waals surface area contributed by atoms with Crippen molar-refractivity contribution in [3.8, 4) is 0 Å². The summed E-state index contributed by atoms with van der Waals surface area (Å²) in [5.74, 6) is -1.76. The van der Waals surface area contributed by atoms with Crippen LogP contribution in [0.1, 0.15) is 32.1 Å². The third-order valence-electron chi connectivity index (χ3n) is 4.45. The lowest BCUT2D eigenvalue weighted by atomic mass is 9.78. The van der Waals surface area contributed by atoms with Crippen LogP contribution in [-0.2, 0) is 4.79 Å². The maximum absolute atomic E-state index is 13.5. The molecular weight excluding hydrogens is 262 g/mol. The number of nitrogens with one attached hydrogen (secondary N) is 1. The van der Waals surface area contributed by atoms with Gasteiger partial charge >= 0.3 is 0 Å². The number of amides is 1. The molecule has 2 heterocycles. The van der Waals surface area contributed by atoms with Gasteiger partial charge in [0.1, 0.15) is 0 Å². The van der Waals surface area contributed by atoms with E-state index in [1.165, 1.54) is 6.07 Å². The zero-order valence-corrected chi connectivity index (χ0v) is 11.3. The second-order valence-electron chi connectivity index (χ2n) is 5.66. The fourth-order valence-corrected chi connectivity index (χ4v) is 3.46. The highest BCUT2D eigenvalue weighted by molar-refractivity contribution is 5.95. The molecule has 2 saturated heterocycles. The van der Waals surface area contributed by atoms with Gasteiger partial charge in [-0.3, -0.25) is 4.79 Å². The van der Waals surface area contributed by atoms with Crippen LogP contribution in [0.2, 0.25) is 0 Å². The zero-order valence-electron chi connectivity index (χ0n) is 11.3. The third kappa shape index (κ3) is 2.20. The van der Waals surface area contributed by atoms with Gasteiger partial charge in [-0.1, -0.05) is 0 Å². The first-order valence-electron chi connectivity index (χ1n) is 7.11. The minimum atomic E-state index is -0.898. The number of nitrogens with zero attached hydrogens (tertiary/aromatic N) is 1. The number of halogens is 2. The number of anilines is 1. The van der Waals surface area contributed by atoms with E-state index < -0.39 is 11.6 Å². The van der Waals surface area contributed by atoms with Crippen molar-refractivity contribution in [2.24, 2.45) is 0 Å². The molecule has 2 fully saturated rings. The molecule has 2 aliphatic heterocycles. The molecule has 20 heavy (non-hydrogen) atoms. The lowest BCUT2D eigenvalue weighted by molar-refractivity contribution is -0.121. The highest BCUT2D eigenvalue weighted by Gasteiger charge is 2.43. The summed E-state index contributed by atoms with van der Waals surface area (Å²) >= 11 is 0. The Morgan fingerprint density at radius 1 is 1.10 bits per heavy atom. The monoisotopic (exact) mass is 280 g/mol. The van der Waals surface area contributed by atoms with Crippen LogP contribution < -0.4 is 10.2 Å². The SMILES string of the molecule is O=C1CCCC2(CCNCC2)N1c1ccc(F)c(F)c1. The standard InChI is InChI=1S/C15H18F2N2O/c16-12-4-3-11(10-13(12)17)19-14(20)2-1-5-15(19)6-8-18-9-7-15/h3-4,10,18H,1-2,5-9H2. The smallest absolute Gasteiger partial charge is 0.227 e. The van der Waals surface area contributed by atoms with Gasteiger partial charge in [-0.25, -0.2) is 8.78 Å². The molecule has 1 spiro atoms. The van der Waals surface area contributed by atoms with E-state index in [9.17, 15) is 13.6 Å². The van der Waals surface area contributed by atoms with Crippen molar-refractivity contribution in [3.63, 3.8) is 0 Å². The Morgan fingerprint density at radius 2 is 1.85 bits per heavy atom. The van der Waals surface area contributed by atoms with Crippen molar-refractivity contribution in [2.75, 3.05) is 18.0 Å². The van der Waals surface area contributed by atoms with E-state index in [-0.39, 0.29) is 11.4 Å². The topological polar surface area (TPSA) is 32.3 Å². The second kappa shape index (κ2) is 5.13. The molecule has 5 heteroatoms. The van der Waals surface area contributed by atoms with Crippen LogP contribution in [0.15, 0.2) is 18.2 Å². The third-order valence-corrected chi connectivity index (χ3v) is 4.45. The van der Waals surface area contributed by atoms with Gasteiger partial charge in [0, 0.05) is 18.2 Å². The van der Waals surface area contributed by atoms with Gasteiger partial charge in [0.15, 0.2) is 11.6 Å².